The highest BCUT2D eigenvalue weighted by molar-refractivity contribution is 5.87. The standard InChI is InChI=1S/C20H40N2O4/c1-9-21(10-2)17(19(23)25-13-15(5)6)18(22(11-3)12-4)20(24)26-14-16(7)8/h15-18H,9-14H2,1-8H3. The summed E-state index contributed by atoms with van der Waals surface area (Å²) in [6, 6.07) is -1.33. The lowest BCUT2D eigenvalue weighted by atomic mass is 10.0. The molecule has 0 aliphatic carbocycles. The van der Waals surface area contributed by atoms with E-state index in [1.165, 1.54) is 0 Å². The van der Waals surface area contributed by atoms with Crippen LogP contribution in [0.25, 0.3) is 0 Å². The van der Waals surface area contributed by atoms with Crippen molar-refractivity contribution in [2.75, 3.05) is 39.4 Å². The number of esters is 2. The fourth-order valence-electron chi connectivity index (χ4n) is 2.86. The topological polar surface area (TPSA) is 59.1 Å². The summed E-state index contributed by atoms with van der Waals surface area (Å²) in [4.78, 5) is 29.8. The summed E-state index contributed by atoms with van der Waals surface area (Å²) < 4.78 is 11.1. The van der Waals surface area contributed by atoms with E-state index in [1.807, 2.05) is 65.2 Å². The Hall–Kier alpha value is -1.14. The van der Waals surface area contributed by atoms with Gasteiger partial charge in [-0.15, -0.1) is 0 Å². The maximum absolute atomic E-state index is 12.9. The largest absolute Gasteiger partial charge is 0.464 e. The summed E-state index contributed by atoms with van der Waals surface area (Å²) in [5, 5.41) is 0. The normalized spacial score (nSPS) is 14.2. The molecule has 0 saturated heterocycles. The Morgan fingerprint density at radius 2 is 0.923 bits per heavy atom. The summed E-state index contributed by atoms with van der Waals surface area (Å²) in [7, 11) is 0. The number of ether oxygens (including phenoxy) is 2. The molecule has 6 nitrogen and oxygen atoms in total. The van der Waals surface area contributed by atoms with Gasteiger partial charge in [0.1, 0.15) is 12.1 Å². The molecule has 2 unspecified atom stereocenters. The predicted octanol–water partition coefficient (Wildman–Crippen LogP) is 2.81. The molecule has 0 radical (unpaired) electrons. The molecule has 0 spiro atoms. The summed E-state index contributed by atoms with van der Waals surface area (Å²) in [5.41, 5.74) is 0. The van der Waals surface area contributed by atoms with Crippen LogP contribution in [0, 0.1) is 11.8 Å². The lowest BCUT2D eigenvalue weighted by molar-refractivity contribution is -0.165. The van der Waals surface area contributed by atoms with Gasteiger partial charge in [-0.05, 0) is 38.0 Å². The summed E-state index contributed by atoms with van der Waals surface area (Å²) in [5.74, 6) is -0.200. The molecule has 0 aliphatic heterocycles. The summed E-state index contributed by atoms with van der Waals surface area (Å²) in [6.07, 6.45) is 0. The Balaban J connectivity index is 5.73. The number of rotatable bonds is 13. The van der Waals surface area contributed by atoms with E-state index < -0.39 is 12.1 Å². The minimum Gasteiger partial charge on any atom is -0.464 e. The van der Waals surface area contributed by atoms with E-state index in [4.69, 9.17) is 9.47 Å². The van der Waals surface area contributed by atoms with E-state index >= 15 is 0 Å². The van der Waals surface area contributed by atoms with Crippen molar-refractivity contribution in [3.05, 3.63) is 0 Å². The Morgan fingerprint density at radius 1 is 0.654 bits per heavy atom. The first-order valence-electron chi connectivity index (χ1n) is 10.0. The summed E-state index contributed by atoms with van der Waals surface area (Å²) in [6.45, 7) is 19.3. The highest BCUT2D eigenvalue weighted by atomic mass is 16.5. The second-order valence-corrected chi connectivity index (χ2v) is 7.38. The van der Waals surface area contributed by atoms with Crippen LogP contribution in [-0.2, 0) is 19.1 Å². The molecule has 2 atom stereocenters. The van der Waals surface area contributed by atoms with Gasteiger partial charge in [0.15, 0.2) is 0 Å². The molecular formula is C20H40N2O4. The lowest BCUT2D eigenvalue weighted by Crippen LogP contribution is -2.60. The van der Waals surface area contributed by atoms with E-state index in [0.29, 0.717) is 39.4 Å². The third-order valence-corrected chi connectivity index (χ3v) is 4.31. The van der Waals surface area contributed by atoms with Crippen LogP contribution in [0.15, 0.2) is 0 Å². The first kappa shape index (κ1) is 24.9. The van der Waals surface area contributed by atoms with Crippen molar-refractivity contribution in [3.8, 4) is 0 Å². The first-order chi connectivity index (χ1) is 12.2. The van der Waals surface area contributed by atoms with Gasteiger partial charge in [0.05, 0.1) is 13.2 Å². The molecular weight excluding hydrogens is 332 g/mol. The third-order valence-electron chi connectivity index (χ3n) is 4.31. The van der Waals surface area contributed by atoms with Gasteiger partial charge >= 0.3 is 11.9 Å². The van der Waals surface area contributed by atoms with Crippen molar-refractivity contribution >= 4 is 11.9 Å². The lowest BCUT2D eigenvalue weighted by Gasteiger charge is -2.38. The molecule has 0 aromatic heterocycles. The molecule has 26 heavy (non-hydrogen) atoms. The van der Waals surface area contributed by atoms with Gasteiger partial charge in [0, 0.05) is 0 Å². The number of carbonyl (C=O) groups is 2. The predicted molar refractivity (Wildman–Crippen MR) is 105 cm³/mol. The number of nitrogens with zero attached hydrogens (tertiary/aromatic N) is 2. The van der Waals surface area contributed by atoms with Crippen molar-refractivity contribution in [2.24, 2.45) is 11.8 Å². The van der Waals surface area contributed by atoms with E-state index in [9.17, 15) is 9.59 Å². The number of carbonyl (C=O) groups excluding carboxylic acids is 2. The molecule has 0 saturated carbocycles. The van der Waals surface area contributed by atoms with Gasteiger partial charge in [-0.25, -0.2) is 0 Å². The zero-order chi connectivity index (χ0) is 20.3. The SMILES string of the molecule is CCN(CC)C(C(=O)OCC(C)C)C(C(=O)OCC(C)C)N(CC)CC. The van der Waals surface area contributed by atoms with Gasteiger partial charge in [-0.3, -0.25) is 19.4 Å². The number of hydrogen-bond acceptors (Lipinski definition) is 6. The molecule has 0 aromatic rings. The minimum atomic E-state index is -0.664. The first-order valence-corrected chi connectivity index (χ1v) is 10.0. The van der Waals surface area contributed by atoms with Crippen molar-refractivity contribution in [1.29, 1.82) is 0 Å². The molecule has 6 heteroatoms. The molecule has 0 bridgehead atoms. The average molecular weight is 373 g/mol. The van der Waals surface area contributed by atoms with Gasteiger partial charge in [0.2, 0.25) is 0 Å². The van der Waals surface area contributed by atoms with Gasteiger partial charge in [0.25, 0.3) is 0 Å². The van der Waals surface area contributed by atoms with E-state index in [0.717, 1.165) is 0 Å². The van der Waals surface area contributed by atoms with E-state index in [1.54, 1.807) is 0 Å². The van der Waals surface area contributed by atoms with E-state index in [2.05, 4.69) is 0 Å². The van der Waals surface area contributed by atoms with Gasteiger partial charge in [-0.1, -0.05) is 55.4 Å². The molecule has 154 valence electrons. The molecule has 0 aromatic carbocycles. The summed E-state index contributed by atoms with van der Waals surface area (Å²) >= 11 is 0. The Labute approximate surface area is 160 Å². The highest BCUT2D eigenvalue weighted by Crippen LogP contribution is 2.17. The van der Waals surface area contributed by atoms with Gasteiger partial charge in [-0.2, -0.15) is 0 Å². The fourth-order valence-corrected chi connectivity index (χ4v) is 2.86. The Morgan fingerprint density at radius 3 is 1.12 bits per heavy atom. The van der Waals surface area contributed by atoms with Crippen LogP contribution in [-0.4, -0.2) is 73.2 Å². The zero-order valence-corrected chi connectivity index (χ0v) is 18.1. The van der Waals surface area contributed by atoms with Crippen LogP contribution in [0.4, 0.5) is 0 Å². The second kappa shape index (κ2) is 13.1. The average Bonchev–Trinajstić information content (AvgIpc) is 2.60. The number of likely N-dealkylation sites (N-methyl/N-ethyl adjacent to an activating group) is 2. The van der Waals surface area contributed by atoms with E-state index in [-0.39, 0.29) is 23.8 Å². The van der Waals surface area contributed by atoms with Crippen molar-refractivity contribution < 1.29 is 19.1 Å². The molecule has 0 amide bonds. The van der Waals surface area contributed by atoms with Crippen LogP contribution in [0.1, 0.15) is 55.4 Å². The van der Waals surface area contributed by atoms with Crippen LogP contribution in [0.2, 0.25) is 0 Å². The molecule has 0 N–H and O–H groups in total. The highest BCUT2D eigenvalue weighted by Gasteiger charge is 2.42. The maximum Gasteiger partial charge on any atom is 0.325 e. The third kappa shape index (κ3) is 8.04. The monoisotopic (exact) mass is 372 g/mol. The van der Waals surface area contributed by atoms with Gasteiger partial charge < -0.3 is 9.47 Å². The minimum absolute atomic E-state index is 0.246. The fraction of sp³-hybridized carbons (Fsp3) is 0.900. The Kier molecular flexibility index (Phi) is 12.5. The van der Waals surface area contributed by atoms with Crippen LogP contribution < -0.4 is 0 Å². The van der Waals surface area contributed by atoms with Crippen molar-refractivity contribution in [1.82, 2.24) is 9.80 Å². The molecule has 0 heterocycles. The smallest absolute Gasteiger partial charge is 0.325 e. The van der Waals surface area contributed by atoms with Crippen molar-refractivity contribution in [3.63, 3.8) is 0 Å². The molecule has 0 fully saturated rings. The zero-order valence-electron chi connectivity index (χ0n) is 18.1. The number of hydrogen-bond donors (Lipinski definition) is 0. The van der Waals surface area contributed by atoms with Crippen molar-refractivity contribution in [2.45, 2.75) is 67.5 Å². The van der Waals surface area contributed by atoms with Crippen LogP contribution in [0.5, 0.6) is 0 Å². The Bertz CT molecular complexity index is 367. The molecule has 0 rings (SSSR count). The second-order valence-electron chi connectivity index (χ2n) is 7.38. The quantitative estimate of drug-likeness (QED) is 0.463. The van der Waals surface area contributed by atoms with Crippen LogP contribution >= 0.6 is 0 Å². The maximum atomic E-state index is 12.9. The molecule has 0 aliphatic rings. The van der Waals surface area contributed by atoms with Crippen LogP contribution in [0.3, 0.4) is 0 Å².